The van der Waals surface area contributed by atoms with Crippen molar-refractivity contribution in [3.63, 3.8) is 0 Å². The van der Waals surface area contributed by atoms with E-state index < -0.39 is 0 Å². The number of ether oxygens (including phenoxy) is 2. The van der Waals surface area contributed by atoms with Crippen LogP contribution in [0.25, 0.3) is 0 Å². The Morgan fingerprint density at radius 3 is 3.08 bits per heavy atom. The summed E-state index contributed by atoms with van der Waals surface area (Å²) in [7, 11) is 0. The molecule has 0 aromatic carbocycles. The van der Waals surface area contributed by atoms with E-state index in [4.69, 9.17) is 9.47 Å². The summed E-state index contributed by atoms with van der Waals surface area (Å²) >= 11 is 0. The molecule has 0 aromatic rings. The van der Waals surface area contributed by atoms with Crippen molar-refractivity contribution in [2.75, 3.05) is 13.2 Å². The number of rotatable bonds is 2. The Kier molecular flexibility index (Phi) is 1.72. The topological polar surface area (TPSA) is 50.9 Å². The van der Waals surface area contributed by atoms with Crippen LogP contribution in [0.15, 0.2) is 0 Å². The number of carbonyl (C=O) groups excluding carboxylic acids is 1. The molecule has 4 nitrogen and oxygen atoms in total. The van der Waals surface area contributed by atoms with Crippen LogP contribution in [0.5, 0.6) is 0 Å². The van der Waals surface area contributed by atoms with Crippen molar-refractivity contribution in [2.24, 2.45) is 0 Å². The zero-order valence-electron chi connectivity index (χ0n) is 7.13. The fourth-order valence-electron chi connectivity index (χ4n) is 1.45. The van der Waals surface area contributed by atoms with Gasteiger partial charge in [0.05, 0.1) is 12.2 Å². The molecule has 0 spiro atoms. The molecule has 1 N–H and O–H groups in total. The lowest BCUT2D eigenvalue weighted by Crippen LogP contribution is -2.39. The maximum absolute atomic E-state index is 10.8. The highest BCUT2D eigenvalue weighted by atomic mass is 16.6. The highest BCUT2D eigenvalue weighted by Gasteiger charge is 2.42. The van der Waals surface area contributed by atoms with Crippen LogP contribution in [-0.2, 0) is 9.47 Å². The number of alkyl carbamates (subject to hydrolysis) is 1. The second-order valence-corrected chi connectivity index (χ2v) is 3.69. The average Bonchev–Trinajstić information content (AvgIpc) is 2.67. The van der Waals surface area contributed by atoms with Crippen LogP contribution in [-0.4, -0.2) is 30.9 Å². The highest BCUT2D eigenvalue weighted by Crippen LogP contribution is 2.33. The van der Waals surface area contributed by atoms with Crippen LogP contribution in [0.1, 0.15) is 19.8 Å². The van der Waals surface area contributed by atoms with Gasteiger partial charge in [0.25, 0.3) is 0 Å². The lowest BCUT2D eigenvalue weighted by molar-refractivity contribution is 0.0558. The molecule has 2 aliphatic rings. The molecule has 68 valence electrons. The molecule has 2 atom stereocenters. The summed E-state index contributed by atoms with van der Waals surface area (Å²) in [6.45, 7) is 3.57. The first-order valence-corrected chi connectivity index (χ1v) is 4.26. The fraction of sp³-hybridized carbons (Fsp3) is 0.875. The summed E-state index contributed by atoms with van der Waals surface area (Å²) in [4.78, 5) is 10.8. The maximum atomic E-state index is 10.8. The van der Waals surface area contributed by atoms with Crippen molar-refractivity contribution in [3.05, 3.63) is 0 Å². The molecule has 4 heteroatoms. The van der Waals surface area contributed by atoms with Crippen molar-refractivity contribution in [1.82, 2.24) is 5.32 Å². The van der Waals surface area contributed by atoms with Crippen LogP contribution in [0.3, 0.4) is 0 Å². The number of hydrogen-bond donors (Lipinski definition) is 1. The molecule has 0 aliphatic carbocycles. The van der Waals surface area contributed by atoms with Crippen LogP contribution in [0.2, 0.25) is 0 Å². The van der Waals surface area contributed by atoms with E-state index in [0.29, 0.717) is 0 Å². The third-order valence-electron chi connectivity index (χ3n) is 2.31. The molecular weight excluding hydrogens is 158 g/mol. The third kappa shape index (κ3) is 1.69. The van der Waals surface area contributed by atoms with E-state index in [9.17, 15) is 4.79 Å². The van der Waals surface area contributed by atoms with Gasteiger partial charge < -0.3 is 14.8 Å². The highest BCUT2D eigenvalue weighted by molar-refractivity contribution is 5.68. The van der Waals surface area contributed by atoms with Crippen molar-refractivity contribution < 1.29 is 14.3 Å². The fourth-order valence-corrected chi connectivity index (χ4v) is 1.45. The smallest absolute Gasteiger partial charge is 0.407 e. The second-order valence-electron chi connectivity index (χ2n) is 3.69. The first-order chi connectivity index (χ1) is 5.68. The first kappa shape index (κ1) is 7.86. The van der Waals surface area contributed by atoms with Gasteiger partial charge in [-0.1, -0.05) is 0 Å². The molecule has 1 unspecified atom stereocenters. The van der Waals surface area contributed by atoms with Gasteiger partial charge in [0.1, 0.15) is 6.10 Å². The quantitative estimate of drug-likeness (QED) is 0.621. The van der Waals surface area contributed by atoms with E-state index in [1.807, 2.05) is 6.92 Å². The molecule has 2 rings (SSSR count). The minimum absolute atomic E-state index is 0.0116. The molecule has 0 saturated carbocycles. The van der Waals surface area contributed by atoms with Gasteiger partial charge in [-0.05, 0) is 6.92 Å². The number of nitrogens with one attached hydrogen (secondary N) is 1. The summed E-state index contributed by atoms with van der Waals surface area (Å²) in [6.07, 6.45) is 1.48. The second kappa shape index (κ2) is 2.62. The Balaban J connectivity index is 1.83. The van der Waals surface area contributed by atoms with Crippen LogP contribution < -0.4 is 5.32 Å². The van der Waals surface area contributed by atoms with Gasteiger partial charge in [0, 0.05) is 19.4 Å². The molecule has 0 bridgehead atoms. The monoisotopic (exact) mass is 171 g/mol. The number of hydrogen-bond acceptors (Lipinski definition) is 3. The molecule has 0 aromatic heterocycles. The minimum atomic E-state index is -0.296. The van der Waals surface area contributed by atoms with Gasteiger partial charge in [0.2, 0.25) is 0 Å². The van der Waals surface area contributed by atoms with Gasteiger partial charge in [-0.2, -0.15) is 0 Å². The Morgan fingerprint density at radius 2 is 2.50 bits per heavy atom. The van der Waals surface area contributed by atoms with Crippen molar-refractivity contribution in [2.45, 2.75) is 31.5 Å². The van der Waals surface area contributed by atoms with Crippen molar-refractivity contribution in [1.29, 1.82) is 0 Å². The van der Waals surface area contributed by atoms with E-state index in [0.717, 1.165) is 26.0 Å². The molecular formula is C8H13NO3. The summed E-state index contributed by atoms with van der Waals surface area (Å²) in [5, 5.41) is 2.62. The first-order valence-electron chi connectivity index (χ1n) is 4.26. The molecule has 2 aliphatic heterocycles. The van der Waals surface area contributed by atoms with Crippen LogP contribution in [0.4, 0.5) is 4.79 Å². The standard InChI is InChI=1S/C8H13NO3/c1-8(5-11-8)4-6-2-3-9-7(10)12-6/h6H,2-5H2,1H3,(H,9,10)/t6-,8?/m0/s1. The minimum Gasteiger partial charge on any atom is -0.446 e. The Hall–Kier alpha value is -0.770. The lowest BCUT2D eigenvalue weighted by Gasteiger charge is -2.24. The van der Waals surface area contributed by atoms with Crippen molar-refractivity contribution >= 4 is 6.09 Å². The predicted octanol–water partition coefficient (Wildman–Crippen LogP) is 0.664. The Bertz CT molecular complexity index is 200. The summed E-state index contributed by atoms with van der Waals surface area (Å²) in [5.41, 5.74) is -0.0116. The van der Waals surface area contributed by atoms with E-state index in [2.05, 4.69) is 5.32 Å². The lowest BCUT2D eigenvalue weighted by atomic mass is 10.0. The van der Waals surface area contributed by atoms with Gasteiger partial charge in [-0.15, -0.1) is 0 Å². The van der Waals surface area contributed by atoms with E-state index in [1.54, 1.807) is 0 Å². The Labute approximate surface area is 71.2 Å². The molecule has 1 amide bonds. The van der Waals surface area contributed by atoms with E-state index in [-0.39, 0.29) is 17.8 Å². The predicted molar refractivity (Wildman–Crippen MR) is 41.9 cm³/mol. The number of amides is 1. The number of carbonyl (C=O) groups is 1. The zero-order chi connectivity index (χ0) is 8.60. The Morgan fingerprint density at radius 1 is 1.75 bits per heavy atom. The third-order valence-corrected chi connectivity index (χ3v) is 2.31. The summed E-state index contributed by atoms with van der Waals surface area (Å²) < 4.78 is 10.3. The SMILES string of the molecule is CC1(C[C@@H]2CCNC(=O)O2)CO1. The van der Waals surface area contributed by atoms with Crippen molar-refractivity contribution in [3.8, 4) is 0 Å². The number of epoxide rings is 1. The molecule has 2 fully saturated rings. The summed E-state index contributed by atoms with van der Waals surface area (Å²) in [5.74, 6) is 0. The molecule has 2 saturated heterocycles. The largest absolute Gasteiger partial charge is 0.446 e. The van der Waals surface area contributed by atoms with Gasteiger partial charge in [-0.3, -0.25) is 0 Å². The van der Waals surface area contributed by atoms with Gasteiger partial charge >= 0.3 is 6.09 Å². The normalized spacial score (nSPS) is 40.1. The molecule has 12 heavy (non-hydrogen) atoms. The van der Waals surface area contributed by atoms with Crippen LogP contribution in [0, 0.1) is 0 Å². The number of cyclic esters (lactones) is 1. The van der Waals surface area contributed by atoms with Gasteiger partial charge in [-0.25, -0.2) is 4.79 Å². The van der Waals surface area contributed by atoms with E-state index >= 15 is 0 Å². The van der Waals surface area contributed by atoms with E-state index in [1.165, 1.54) is 0 Å². The molecule has 0 radical (unpaired) electrons. The van der Waals surface area contributed by atoms with Crippen LogP contribution >= 0.6 is 0 Å². The van der Waals surface area contributed by atoms with Gasteiger partial charge in [0.15, 0.2) is 0 Å². The zero-order valence-corrected chi connectivity index (χ0v) is 7.13. The molecule has 2 heterocycles. The summed E-state index contributed by atoms with van der Waals surface area (Å²) in [6, 6.07) is 0. The maximum Gasteiger partial charge on any atom is 0.407 e. The average molecular weight is 171 g/mol.